The summed E-state index contributed by atoms with van der Waals surface area (Å²) in [6, 6.07) is 27.4. The predicted octanol–water partition coefficient (Wildman–Crippen LogP) is 7.50. The quantitative estimate of drug-likeness (QED) is 0.240. The number of para-hydroxylation sites is 1. The lowest BCUT2D eigenvalue weighted by Crippen LogP contribution is -2.25. The van der Waals surface area contributed by atoms with Gasteiger partial charge in [-0.3, -0.25) is 4.98 Å². The van der Waals surface area contributed by atoms with Crippen LogP contribution in [0.25, 0.3) is 22.3 Å². The van der Waals surface area contributed by atoms with Gasteiger partial charge in [0, 0.05) is 24.7 Å². The Morgan fingerprint density at radius 3 is 2.26 bits per heavy atom. The summed E-state index contributed by atoms with van der Waals surface area (Å²) in [6.45, 7) is 0. The monoisotopic (exact) mass is 446 g/mol. The van der Waals surface area contributed by atoms with Crippen LogP contribution in [0.1, 0.15) is 44.5 Å². The first kappa shape index (κ1) is 18.2. The first-order valence-corrected chi connectivity index (χ1v) is 12.6. The van der Waals surface area contributed by atoms with Crippen LogP contribution >= 0.6 is 0 Å². The topological polar surface area (TPSA) is 16.1 Å². The SMILES string of the molecule is c1ccc2c(c1)Cc1c-2ccc2c1Cc1cc3c4c(c1-2)Cc1ccncc1N4c1ccccc1C3. The van der Waals surface area contributed by atoms with E-state index in [-0.39, 0.29) is 0 Å². The number of benzene rings is 4. The minimum atomic E-state index is 0.971. The van der Waals surface area contributed by atoms with Crippen LogP contribution in [-0.4, -0.2) is 4.98 Å². The molecule has 2 aliphatic carbocycles. The molecule has 0 N–H and O–H groups in total. The number of rotatable bonds is 0. The van der Waals surface area contributed by atoms with Gasteiger partial charge in [-0.2, -0.15) is 0 Å². The minimum absolute atomic E-state index is 0.971. The van der Waals surface area contributed by atoms with Crippen molar-refractivity contribution >= 4 is 17.1 Å². The van der Waals surface area contributed by atoms with Crippen molar-refractivity contribution in [3.05, 3.63) is 130 Å². The van der Waals surface area contributed by atoms with Gasteiger partial charge in [-0.15, -0.1) is 0 Å². The average molecular weight is 447 g/mol. The summed E-state index contributed by atoms with van der Waals surface area (Å²) in [5.74, 6) is 0. The molecule has 0 saturated heterocycles. The maximum atomic E-state index is 4.52. The third-order valence-electron chi connectivity index (χ3n) is 8.64. The Morgan fingerprint density at radius 2 is 1.29 bits per heavy atom. The standard InChI is InChI=1S/C33H22N2/c1-3-7-24-19(5-1)15-27-25(24)9-10-26-28(27)17-22-14-23-13-20-6-2-4-8-30(20)35-31-18-34-12-11-21(31)16-29(32(22)26)33(23)35/h1-12,14,18H,13,15-17H2. The Kier molecular flexibility index (Phi) is 3.27. The van der Waals surface area contributed by atoms with Gasteiger partial charge in [-0.05, 0) is 91.7 Å². The molecule has 0 spiro atoms. The van der Waals surface area contributed by atoms with Crippen molar-refractivity contribution in [1.82, 2.24) is 4.98 Å². The zero-order valence-electron chi connectivity index (χ0n) is 19.3. The maximum Gasteiger partial charge on any atom is 0.0680 e. The van der Waals surface area contributed by atoms with Crippen molar-refractivity contribution in [3.8, 4) is 22.3 Å². The molecule has 0 bridgehead atoms. The molecule has 2 aliphatic heterocycles. The summed E-state index contributed by atoms with van der Waals surface area (Å²) >= 11 is 0. The van der Waals surface area contributed by atoms with Crippen molar-refractivity contribution in [2.75, 3.05) is 4.90 Å². The van der Waals surface area contributed by atoms with Crippen molar-refractivity contribution in [1.29, 1.82) is 0 Å². The molecule has 164 valence electrons. The highest BCUT2D eigenvalue weighted by Crippen LogP contribution is 2.56. The number of pyridine rings is 1. The van der Waals surface area contributed by atoms with E-state index in [4.69, 9.17) is 0 Å². The zero-order chi connectivity index (χ0) is 22.7. The largest absolute Gasteiger partial charge is 0.308 e. The van der Waals surface area contributed by atoms with E-state index in [2.05, 4.69) is 88.9 Å². The van der Waals surface area contributed by atoms with Crippen LogP contribution in [-0.2, 0) is 25.7 Å². The van der Waals surface area contributed by atoms with Gasteiger partial charge in [-0.25, -0.2) is 0 Å². The molecular formula is C33H22N2. The lowest BCUT2D eigenvalue weighted by atomic mass is 9.82. The number of aromatic nitrogens is 1. The molecule has 0 atom stereocenters. The Labute approximate surface area is 204 Å². The number of fused-ring (bicyclic) bond motifs is 12. The predicted molar refractivity (Wildman–Crippen MR) is 141 cm³/mol. The molecule has 0 unspecified atom stereocenters. The van der Waals surface area contributed by atoms with Crippen molar-refractivity contribution < 1.29 is 0 Å². The molecule has 3 heterocycles. The summed E-state index contributed by atoms with van der Waals surface area (Å²) in [6.07, 6.45) is 8.07. The highest BCUT2D eigenvalue weighted by molar-refractivity contribution is 5.96. The second-order valence-electron chi connectivity index (χ2n) is 10.3. The van der Waals surface area contributed by atoms with Crippen LogP contribution in [0.5, 0.6) is 0 Å². The molecule has 0 fully saturated rings. The summed E-state index contributed by atoms with van der Waals surface area (Å²) in [4.78, 5) is 7.02. The fourth-order valence-electron chi connectivity index (χ4n) is 7.23. The van der Waals surface area contributed by atoms with Gasteiger partial charge in [0.2, 0.25) is 0 Å². The highest BCUT2D eigenvalue weighted by Gasteiger charge is 2.37. The van der Waals surface area contributed by atoms with Gasteiger partial charge in [0.15, 0.2) is 0 Å². The van der Waals surface area contributed by atoms with E-state index in [1.54, 1.807) is 11.1 Å². The summed E-state index contributed by atoms with van der Waals surface area (Å²) < 4.78 is 0. The number of anilines is 3. The minimum Gasteiger partial charge on any atom is -0.308 e. The van der Waals surface area contributed by atoms with Crippen molar-refractivity contribution in [2.24, 2.45) is 0 Å². The normalized spacial score (nSPS) is 14.9. The van der Waals surface area contributed by atoms with E-state index in [1.165, 1.54) is 72.7 Å². The lowest BCUT2D eigenvalue weighted by Gasteiger charge is -2.40. The smallest absolute Gasteiger partial charge is 0.0680 e. The zero-order valence-corrected chi connectivity index (χ0v) is 19.3. The van der Waals surface area contributed by atoms with Crippen LogP contribution in [0.15, 0.2) is 85.2 Å². The van der Waals surface area contributed by atoms with Gasteiger partial charge in [-0.1, -0.05) is 60.7 Å². The first-order chi connectivity index (χ1) is 17.3. The van der Waals surface area contributed by atoms with Crippen molar-refractivity contribution in [3.63, 3.8) is 0 Å². The van der Waals surface area contributed by atoms with E-state index < -0.39 is 0 Å². The van der Waals surface area contributed by atoms with Crippen LogP contribution in [0.3, 0.4) is 0 Å². The molecule has 5 aromatic rings. The van der Waals surface area contributed by atoms with E-state index in [1.807, 2.05) is 6.20 Å². The fourth-order valence-corrected chi connectivity index (χ4v) is 7.23. The van der Waals surface area contributed by atoms with E-state index in [0.29, 0.717) is 0 Å². The van der Waals surface area contributed by atoms with E-state index in [9.17, 15) is 0 Å². The Balaban J connectivity index is 1.32. The Bertz CT molecular complexity index is 1750. The third kappa shape index (κ3) is 2.23. The van der Waals surface area contributed by atoms with Gasteiger partial charge in [0.25, 0.3) is 0 Å². The van der Waals surface area contributed by atoms with E-state index in [0.717, 1.165) is 25.7 Å². The maximum absolute atomic E-state index is 4.52. The number of nitrogens with zero attached hydrogens (tertiary/aromatic N) is 2. The molecule has 0 radical (unpaired) electrons. The molecule has 9 rings (SSSR count). The number of hydrogen-bond acceptors (Lipinski definition) is 2. The molecule has 4 aliphatic rings. The summed E-state index contributed by atoms with van der Waals surface area (Å²) in [5.41, 5.74) is 21.5. The molecule has 2 heteroatoms. The Hall–Kier alpha value is -4.17. The lowest BCUT2D eigenvalue weighted by molar-refractivity contribution is 0.998. The molecule has 0 saturated carbocycles. The first-order valence-electron chi connectivity index (χ1n) is 12.6. The Morgan fingerprint density at radius 1 is 0.543 bits per heavy atom. The van der Waals surface area contributed by atoms with Crippen LogP contribution in [0.2, 0.25) is 0 Å². The fraction of sp³-hybridized carbons (Fsp3) is 0.121. The molecule has 35 heavy (non-hydrogen) atoms. The van der Waals surface area contributed by atoms with Gasteiger partial charge in [0.1, 0.15) is 0 Å². The van der Waals surface area contributed by atoms with Crippen LogP contribution in [0, 0.1) is 0 Å². The molecule has 0 amide bonds. The van der Waals surface area contributed by atoms with E-state index >= 15 is 0 Å². The van der Waals surface area contributed by atoms with Gasteiger partial charge in [0.05, 0.1) is 17.6 Å². The second kappa shape index (κ2) is 6.28. The van der Waals surface area contributed by atoms with Crippen LogP contribution < -0.4 is 4.90 Å². The van der Waals surface area contributed by atoms with Gasteiger partial charge >= 0.3 is 0 Å². The van der Waals surface area contributed by atoms with Crippen LogP contribution in [0.4, 0.5) is 17.1 Å². The summed E-state index contributed by atoms with van der Waals surface area (Å²) in [5, 5.41) is 0. The average Bonchev–Trinajstić information content (AvgIpc) is 3.46. The number of hydrogen-bond donors (Lipinski definition) is 0. The highest BCUT2D eigenvalue weighted by atomic mass is 15.2. The molecule has 4 aromatic carbocycles. The molecule has 2 nitrogen and oxygen atoms in total. The molecule has 1 aromatic heterocycles. The molecular weight excluding hydrogens is 424 g/mol. The second-order valence-corrected chi connectivity index (χ2v) is 10.3. The summed E-state index contributed by atoms with van der Waals surface area (Å²) in [7, 11) is 0. The van der Waals surface area contributed by atoms with Crippen molar-refractivity contribution in [2.45, 2.75) is 25.7 Å². The van der Waals surface area contributed by atoms with Gasteiger partial charge < -0.3 is 4.90 Å². The third-order valence-corrected chi connectivity index (χ3v) is 8.64.